The highest BCUT2D eigenvalue weighted by molar-refractivity contribution is 9.10. The second-order valence-corrected chi connectivity index (χ2v) is 5.25. The number of nitrogens with two attached hydrogens (primary N) is 1. The zero-order valence-corrected chi connectivity index (χ0v) is 10.9. The maximum absolute atomic E-state index is 13.0. The molecule has 2 N–H and O–H groups in total. The summed E-state index contributed by atoms with van der Waals surface area (Å²) in [4.78, 5) is 2.24. The predicted octanol–water partition coefficient (Wildman–Crippen LogP) is 2.68. The zero-order valence-electron chi connectivity index (χ0n) is 9.29. The third-order valence-corrected chi connectivity index (χ3v) is 3.90. The van der Waals surface area contributed by atoms with E-state index in [1.807, 2.05) is 6.07 Å². The molecule has 88 valence electrons. The predicted molar refractivity (Wildman–Crippen MR) is 66.7 cm³/mol. The fraction of sp³-hybridized carbons (Fsp3) is 0.500. The molecule has 0 radical (unpaired) electrons. The molecule has 1 aliphatic heterocycles. The Balaban J connectivity index is 2.34. The first-order chi connectivity index (χ1) is 7.59. The van der Waals surface area contributed by atoms with Crippen LogP contribution in [0.3, 0.4) is 0 Å². The Kier molecular flexibility index (Phi) is 3.62. The van der Waals surface area contributed by atoms with E-state index >= 15 is 0 Å². The summed E-state index contributed by atoms with van der Waals surface area (Å²) < 4.78 is 13.8. The summed E-state index contributed by atoms with van der Waals surface area (Å²) in [5, 5.41) is 0. The molecule has 1 aromatic carbocycles. The van der Waals surface area contributed by atoms with Crippen LogP contribution < -0.4 is 5.73 Å². The minimum Gasteiger partial charge on any atom is -0.326 e. The molecule has 0 bridgehead atoms. The largest absolute Gasteiger partial charge is 0.326 e. The summed E-state index contributed by atoms with van der Waals surface area (Å²) in [6.45, 7) is 1.04. The van der Waals surface area contributed by atoms with E-state index in [2.05, 4.69) is 27.9 Å². The minimum absolute atomic E-state index is 0.125. The van der Waals surface area contributed by atoms with E-state index in [1.165, 1.54) is 12.1 Å². The number of nitrogens with zero attached hydrogens (tertiary/aromatic N) is 1. The van der Waals surface area contributed by atoms with Crippen LogP contribution in [0.1, 0.15) is 24.4 Å². The van der Waals surface area contributed by atoms with E-state index in [-0.39, 0.29) is 17.9 Å². The van der Waals surface area contributed by atoms with Crippen LogP contribution in [-0.2, 0) is 0 Å². The molecule has 16 heavy (non-hydrogen) atoms. The molecule has 0 amide bonds. The number of halogens is 2. The number of hydrogen-bond donors (Lipinski definition) is 1. The van der Waals surface area contributed by atoms with Crippen LogP contribution >= 0.6 is 15.9 Å². The number of hydrogen-bond acceptors (Lipinski definition) is 2. The van der Waals surface area contributed by atoms with Crippen molar-refractivity contribution in [3.8, 4) is 0 Å². The maximum atomic E-state index is 13.0. The molecule has 1 heterocycles. The molecule has 2 nitrogen and oxygen atoms in total. The monoisotopic (exact) mass is 286 g/mol. The van der Waals surface area contributed by atoms with Gasteiger partial charge < -0.3 is 5.73 Å². The van der Waals surface area contributed by atoms with E-state index in [9.17, 15) is 4.39 Å². The van der Waals surface area contributed by atoms with Gasteiger partial charge in [-0.1, -0.05) is 22.0 Å². The van der Waals surface area contributed by atoms with Crippen molar-refractivity contribution in [1.82, 2.24) is 4.90 Å². The van der Waals surface area contributed by atoms with Gasteiger partial charge in [0.15, 0.2) is 0 Å². The highest BCUT2D eigenvalue weighted by Gasteiger charge is 2.29. The van der Waals surface area contributed by atoms with E-state index < -0.39 is 0 Å². The maximum Gasteiger partial charge on any atom is 0.124 e. The average Bonchev–Trinajstić information content (AvgIpc) is 2.20. The number of likely N-dealkylation sites (N-methyl/N-ethyl adjacent to an activating group) is 1. The van der Waals surface area contributed by atoms with Gasteiger partial charge in [-0.25, -0.2) is 4.39 Å². The van der Waals surface area contributed by atoms with Gasteiger partial charge in [0.2, 0.25) is 0 Å². The Morgan fingerprint density at radius 3 is 2.88 bits per heavy atom. The van der Waals surface area contributed by atoms with Gasteiger partial charge in [-0.05, 0) is 44.1 Å². The molecule has 1 fully saturated rings. The van der Waals surface area contributed by atoms with Crippen LogP contribution in [0.15, 0.2) is 22.7 Å². The highest BCUT2D eigenvalue weighted by Crippen LogP contribution is 2.33. The standard InChI is InChI=1S/C12H16BrFN2/c1-16-6-2-3-11(15)12(16)9-5-4-8(14)7-10(9)13/h4-5,7,11-12H,2-3,6,15H2,1H3. The highest BCUT2D eigenvalue weighted by atomic mass is 79.9. The van der Waals surface area contributed by atoms with E-state index in [4.69, 9.17) is 5.73 Å². The molecular weight excluding hydrogens is 271 g/mol. The molecule has 2 rings (SSSR count). The Bertz CT molecular complexity index is 373. The van der Waals surface area contributed by atoms with Crippen LogP contribution in [0, 0.1) is 5.82 Å². The van der Waals surface area contributed by atoms with Crippen LogP contribution in [0.2, 0.25) is 0 Å². The van der Waals surface area contributed by atoms with Crippen molar-refractivity contribution < 1.29 is 4.39 Å². The summed E-state index contributed by atoms with van der Waals surface area (Å²) in [5.41, 5.74) is 7.23. The van der Waals surface area contributed by atoms with Gasteiger partial charge in [-0.15, -0.1) is 0 Å². The second kappa shape index (κ2) is 4.82. The quantitative estimate of drug-likeness (QED) is 0.860. The van der Waals surface area contributed by atoms with Gasteiger partial charge in [0.05, 0.1) is 6.04 Å². The van der Waals surface area contributed by atoms with Gasteiger partial charge in [0.25, 0.3) is 0 Å². The molecule has 4 heteroatoms. The van der Waals surface area contributed by atoms with Crippen LogP contribution in [-0.4, -0.2) is 24.5 Å². The van der Waals surface area contributed by atoms with Gasteiger partial charge in [0.1, 0.15) is 5.82 Å². The molecule has 0 aromatic heterocycles. The Morgan fingerprint density at radius 1 is 1.50 bits per heavy atom. The third kappa shape index (κ3) is 2.29. The summed E-state index contributed by atoms with van der Waals surface area (Å²) in [7, 11) is 2.07. The smallest absolute Gasteiger partial charge is 0.124 e. The Labute approximate surface area is 104 Å². The molecule has 2 atom stereocenters. The summed E-state index contributed by atoms with van der Waals surface area (Å²) in [5.74, 6) is -0.220. The normalized spacial score (nSPS) is 27.0. The molecule has 1 aliphatic rings. The Hall–Kier alpha value is -0.450. The van der Waals surface area contributed by atoms with Crippen molar-refractivity contribution >= 4 is 15.9 Å². The lowest BCUT2D eigenvalue weighted by Crippen LogP contribution is -2.44. The first-order valence-electron chi connectivity index (χ1n) is 5.50. The lowest BCUT2D eigenvalue weighted by molar-refractivity contribution is 0.162. The van der Waals surface area contributed by atoms with Gasteiger partial charge >= 0.3 is 0 Å². The molecule has 0 spiro atoms. The number of piperidine rings is 1. The lowest BCUT2D eigenvalue weighted by atomic mass is 9.91. The van der Waals surface area contributed by atoms with Crippen LogP contribution in [0.25, 0.3) is 0 Å². The molecule has 0 aliphatic carbocycles. The topological polar surface area (TPSA) is 29.3 Å². The van der Waals surface area contributed by atoms with Gasteiger partial charge in [-0.2, -0.15) is 0 Å². The molecule has 1 aromatic rings. The number of likely N-dealkylation sites (tertiary alicyclic amines) is 1. The van der Waals surface area contributed by atoms with Crippen molar-refractivity contribution in [3.05, 3.63) is 34.1 Å². The number of benzene rings is 1. The summed E-state index contributed by atoms with van der Waals surface area (Å²) in [6.07, 6.45) is 2.16. The van der Waals surface area contributed by atoms with Crippen LogP contribution in [0.4, 0.5) is 4.39 Å². The van der Waals surface area contributed by atoms with E-state index in [0.717, 1.165) is 29.4 Å². The molecule has 1 saturated heterocycles. The minimum atomic E-state index is -0.220. The third-order valence-electron chi connectivity index (χ3n) is 3.21. The van der Waals surface area contributed by atoms with E-state index in [0.29, 0.717) is 0 Å². The summed E-state index contributed by atoms with van der Waals surface area (Å²) >= 11 is 3.42. The second-order valence-electron chi connectivity index (χ2n) is 4.40. The fourth-order valence-electron chi connectivity index (χ4n) is 2.41. The van der Waals surface area contributed by atoms with Gasteiger partial charge in [-0.3, -0.25) is 4.90 Å². The fourth-order valence-corrected chi connectivity index (χ4v) is 3.00. The van der Waals surface area contributed by atoms with E-state index in [1.54, 1.807) is 0 Å². The van der Waals surface area contributed by atoms with Crippen LogP contribution in [0.5, 0.6) is 0 Å². The molecule has 0 saturated carbocycles. The van der Waals surface area contributed by atoms with Gasteiger partial charge in [0, 0.05) is 10.5 Å². The lowest BCUT2D eigenvalue weighted by Gasteiger charge is -2.38. The zero-order chi connectivity index (χ0) is 11.7. The molecule has 2 unspecified atom stereocenters. The molecular formula is C12H16BrFN2. The average molecular weight is 287 g/mol. The van der Waals surface area contributed by atoms with Crippen molar-refractivity contribution in [1.29, 1.82) is 0 Å². The SMILES string of the molecule is CN1CCCC(N)C1c1ccc(F)cc1Br. The Morgan fingerprint density at radius 2 is 2.25 bits per heavy atom. The first-order valence-corrected chi connectivity index (χ1v) is 6.29. The van der Waals surface area contributed by atoms with Crippen molar-refractivity contribution in [2.45, 2.75) is 24.9 Å². The van der Waals surface area contributed by atoms with Crippen molar-refractivity contribution in [2.75, 3.05) is 13.6 Å². The first kappa shape index (κ1) is 12.0. The van der Waals surface area contributed by atoms with Crippen molar-refractivity contribution in [3.63, 3.8) is 0 Å². The summed E-state index contributed by atoms with van der Waals surface area (Å²) in [6, 6.07) is 5.13. The van der Waals surface area contributed by atoms with Crippen molar-refractivity contribution in [2.24, 2.45) is 5.73 Å². The number of rotatable bonds is 1.